The lowest BCUT2D eigenvalue weighted by atomic mass is 10.1. The highest BCUT2D eigenvalue weighted by molar-refractivity contribution is 6.39. The number of methoxy groups -OCH3 is 2. The first kappa shape index (κ1) is 18.7. The van der Waals surface area contributed by atoms with Crippen LogP contribution in [0.15, 0.2) is 23.3 Å². The fraction of sp³-hybridized carbons (Fsp3) is 0.444. The fourth-order valence-electron chi connectivity index (χ4n) is 3.14. The molecule has 0 saturated carbocycles. The summed E-state index contributed by atoms with van der Waals surface area (Å²) in [5, 5.41) is 3.84. The summed E-state index contributed by atoms with van der Waals surface area (Å²) >= 11 is 0. The van der Waals surface area contributed by atoms with Crippen molar-refractivity contribution in [2.24, 2.45) is 5.10 Å². The second kappa shape index (κ2) is 8.07. The molecule has 0 atom stereocenters. The zero-order chi connectivity index (χ0) is 19.4. The van der Waals surface area contributed by atoms with E-state index in [0.29, 0.717) is 55.4 Å². The van der Waals surface area contributed by atoms with Gasteiger partial charge in [0.05, 0.1) is 14.2 Å². The Balaban J connectivity index is 1.67. The second-order valence-electron chi connectivity index (χ2n) is 6.22. The molecule has 0 bridgehead atoms. The third-order valence-electron chi connectivity index (χ3n) is 4.65. The van der Waals surface area contributed by atoms with E-state index >= 15 is 0 Å². The van der Waals surface area contributed by atoms with Gasteiger partial charge in [0.1, 0.15) is 22.8 Å². The molecule has 2 aliphatic rings. The van der Waals surface area contributed by atoms with Crippen molar-refractivity contribution in [2.75, 3.05) is 40.4 Å². The van der Waals surface area contributed by atoms with Crippen molar-refractivity contribution in [3.63, 3.8) is 0 Å². The largest absolute Gasteiger partial charge is 0.496 e. The fourth-order valence-corrected chi connectivity index (χ4v) is 3.14. The lowest BCUT2D eigenvalue weighted by molar-refractivity contribution is -0.126. The van der Waals surface area contributed by atoms with E-state index in [2.05, 4.69) is 10.5 Å². The third-order valence-corrected chi connectivity index (χ3v) is 4.65. The molecule has 0 unspecified atom stereocenters. The van der Waals surface area contributed by atoms with Crippen molar-refractivity contribution >= 4 is 23.4 Å². The molecule has 0 aliphatic carbocycles. The summed E-state index contributed by atoms with van der Waals surface area (Å²) < 4.78 is 10.6. The number of benzene rings is 1. The minimum Gasteiger partial charge on any atom is -0.496 e. The number of carbonyl (C=O) groups is 3. The van der Waals surface area contributed by atoms with Crippen LogP contribution in [0, 0.1) is 0 Å². The number of carbonyl (C=O) groups excluding carboxylic acids is 3. The molecule has 27 heavy (non-hydrogen) atoms. The Morgan fingerprint density at radius 1 is 0.963 bits per heavy atom. The van der Waals surface area contributed by atoms with E-state index in [0.717, 1.165) is 0 Å². The molecule has 3 rings (SSSR count). The lowest BCUT2D eigenvalue weighted by Crippen LogP contribution is -2.52. The minimum absolute atomic E-state index is 0.187. The van der Waals surface area contributed by atoms with Crippen molar-refractivity contribution < 1.29 is 23.9 Å². The Hall–Kier alpha value is -3.10. The maximum Gasteiger partial charge on any atom is 0.270 e. The molecule has 0 aromatic heterocycles. The van der Waals surface area contributed by atoms with Gasteiger partial charge in [-0.15, -0.1) is 0 Å². The average Bonchev–Trinajstić information content (AvgIpc) is 2.72. The van der Waals surface area contributed by atoms with Gasteiger partial charge in [-0.2, -0.15) is 5.10 Å². The van der Waals surface area contributed by atoms with Crippen LogP contribution in [0.2, 0.25) is 0 Å². The van der Waals surface area contributed by atoms with Gasteiger partial charge >= 0.3 is 0 Å². The molecule has 0 spiro atoms. The third kappa shape index (κ3) is 3.86. The van der Waals surface area contributed by atoms with Crippen LogP contribution in [-0.2, 0) is 9.59 Å². The Morgan fingerprint density at radius 2 is 1.52 bits per heavy atom. The minimum atomic E-state index is -0.197. The molecule has 9 nitrogen and oxygen atoms in total. The van der Waals surface area contributed by atoms with E-state index in [1.165, 1.54) is 14.2 Å². The van der Waals surface area contributed by atoms with Gasteiger partial charge in [-0.05, 0) is 12.1 Å². The van der Waals surface area contributed by atoms with Gasteiger partial charge in [0.25, 0.3) is 11.8 Å². The Kier molecular flexibility index (Phi) is 5.58. The number of ether oxygens (including phenoxy) is 2. The predicted octanol–water partition coefficient (Wildman–Crippen LogP) is 0.254. The van der Waals surface area contributed by atoms with Crippen LogP contribution in [0.5, 0.6) is 11.5 Å². The summed E-state index contributed by atoms with van der Waals surface area (Å²) in [6.07, 6.45) is 0.596. The van der Waals surface area contributed by atoms with Crippen LogP contribution in [0.25, 0.3) is 0 Å². The van der Waals surface area contributed by atoms with E-state index in [1.807, 2.05) is 0 Å². The highest BCUT2D eigenvalue weighted by Gasteiger charge is 2.30. The molecule has 1 fully saturated rings. The lowest BCUT2D eigenvalue weighted by Gasteiger charge is -2.35. The Labute approximate surface area is 156 Å². The number of rotatable bonds is 4. The van der Waals surface area contributed by atoms with Crippen LogP contribution in [0.4, 0.5) is 0 Å². The molecule has 2 aliphatic heterocycles. The molecule has 9 heteroatoms. The van der Waals surface area contributed by atoms with E-state index in [-0.39, 0.29) is 24.1 Å². The molecule has 1 N–H and O–H groups in total. The SMILES string of the molecule is COc1cccc(OC)c1C(=O)N1CCN(C(=O)C2=NNC(=O)CC2)CC1. The highest BCUT2D eigenvalue weighted by atomic mass is 16.5. The predicted molar refractivity (Wildman–Crippen MR) is 96.8 cm³/mol. The van der Waals surface area contributed by atoms with Gasteiger partial charge < -0.3 is 19.3 Å². The standard InChI is InChI=1S/C18H22N4O5/c1-26-13-4-3-5-14(27-2)16(13)18(25)22-10-8-21(9-11-22)17(24)12-6-7-15(23)20-19-12/h3-5H,6-11H2,1-2H3,(H,20,23). The van der Waals surface area contributed by atoms with E-state index in [9.17, 15) is 14.4 Å². The number of nitrogens with zero attached hydrogens (tertiary/aromatic N) is 3. The number of nitrogens with one attached hydrogen (secondary N) is 1. The van der Waals surface area contributed by atoms with Crippen molar-refractivity contribution in [3.05, 3.63) is 23.8 Å². The Bertz CT molecular complexity index is 762. The number of hydrogen-bond donors (Lipinski definition) is 1. The molecule has 1 aromatic carbocycles. The van der Waals surface area contributed by atoms with Gasteiger partial charge in [0, 0.05) is 39.0 Å². The van der Waals surface area contributed by atoms with Crippen LogP contribution in [-0.4, -0.2) is 73.6 Å². The summed E-state index contributed by atoms with van der Waals surface area (Å²) in [7, 11) is 3.01. The van der Waals surface area contributed by atoms with E-state index in [4.69, 9.17) is 9.47 Å². The van der Waals surface area contributed by atoms with Crippen LogP contribution in [0.1, 0.15) is 23.2 Å². The maximum atomic E-state index is 13.0. The van der Waals surface area contributed by atoms with Crippen LogP contribution < -0.4 is 14.9 Å². The van der Waals surface area contributed by atoms with Crippen LogP contribution >= 0.6 is 0 Å². The quantitative estimate of drug-likeness (QED) is 0.815. The maximum absolute atomic E-state index is 13.0. The number of amides is 3. The molecule has 0 radical (unpaired) electrons. The average molecular weight is 374 g/mol. The summed E-state index contributed by atoms with van der Waals surface area (Å²) in [5.41, 5.74) is 3.06. The number of piperazine rings is 1. The normalized spacial score (nSPS) is 17.1. The summed E-state index contributed by atoms with van der Waals surface area (Å²) in [6, 6.07) is 5.19. The second-order valence-corrected chi connectivity index (χ2v) is 6.22. The van der Waals surface area contributed by atoms with Gasteiger partial charge in [0.15, 0.2) is 0 Å². The van der Waals surface area contributed by atoms with Gasteiger partial charge in [-0.25, -0.2) is 5.43 Å². The topological polar surface area (TPSA) is 101 Å². The van der Waals surface area contributed by atoms with E-state index in [1.54, 1.807) is 28.0 Å². The van der Waals surface area contributed by atoms with Gasteiger partial charge in [-0.3, -0.25) is 14.4 Å². The van der Waals surface area contributed by atoms with Crippen molar-refractivity contribution in [2.45, 2.75) is 12.8 Å². The zero-order valence-corrected chi connectivity index (χ0v) is 15.4. The van der Waals surface area contributed by atoms with Crippen molar-refractivity contribution in [1.82, 2.24) is 15.2 Å². The first-order valence-corrected chi connectivity index (χ1v) is 8.70. The zero-order valence-electron chi connectivity index (χ0n) is 15.4. The molecule has 3 amide bonds. The monoisotopic (exact) mass is 374 g/mol. The molecule has 1 aromatic rings. The highest BCUT2D eigenvalue weighted by Crippen LogP contribution is 2.29. The van der Waals surface area contributed by atoms with Crippen molar-refractivity contribution in [3.8, 4) is 11.5 Å². The molecular weight excluding hydrogens is 352 g/mol. The molecule has 144 valence electrons. The van der Waals surface area contributed by atoms with Gasteiger partial charge in [0.2, 0.25) is 5.91 Å². The van der Waals surface area contributed by atoms with Crippen LogP contribution in [0.3, 0.4) is 0 Å². The smallest absolute Gasteiger partial charge is 0.270 e. The number of hydrogen-bond acceptors (Lipinski definition) is 6. The Morgan fingerprint density at radius 3 is 2.00 bits per heavy atom. The summed E-state index contributed by atoms with van der Waals surface area (Å²) in [6.45, 7) is 1.58. The molecule has 2 heterocycles. The number of hydrazone groups is 1. The van der Waals surface area contributed by atoms with Crippen molar-refractivity contribution in [1.29, 1.82) is 0 Å². The molecule has 1 saturated heterocycles. The summed E-state index contributed by atoms with van der Waals surface area (Å²) in [5.74, 6) is 0.318. The van der Waals surface area contributed by atoms with E-state index < -0.39 is 0 Å². The molecular formula is C18H22N4O5. The van der Waals surface area contributed by atoms with Gasteiger partial charge in [-0.1, -0.05) is 6.07 Å². The summed E-state index contributed by atoms with van der Waals surface area (Å²) in [4.78, 5) is 40.0. The first-order valence-electron chi connectivity index (χ1n) is 8.70. The first-order chi connectivity index (χ1) is 13.0.